The molecule has 2 aliphatic rings. The van der Waals surface area contributed by atoms with Crippen LogP contribution in [0.15, 0.2) is 30.5 Å². The Morgan fingerprint density at radius 1 is 1.09 bits per heavy atom. The van der Waals surface area contributed by atoms with Gasteiger partial charge in [0.1, 0.15) is 0 Å². The van der Waals surface area contributed by atoms with Gasteiger partial charge in [0.05, 0.1) is 5.41 Å². The summed E-state index contributed by atoms with van der Waals surface area (Å²) in [6.45, 7) is 11.4. The Balaban J connectivity index is 1.48. The first-order valence-electron chi connectivity index (χ1n) is 13.0. The summed E-state index contributed by atoms with van der Waals surface area (Å²) in [7, 11) is 0. The number of nitrogens with two attached hydrogens (primary N) is 1. The molecule has 2 atom stereocenters. The van der Waals surface area contributed by atoms with Gasteiger partial charge in [-0.1, -0.05) is 45.4 Å². The third-order valence-corrected chi connectivity index (χ3v) is 9.19. The molecule has 4 nitrogen and oxygen atoms in total. The molecular weight excluding hydrogens is 394 g/mol. The minimum absolute atomic E-state index is 0.191. The topological polar surface area (TPSA) is 62.1 Å². The lowest BCUT2D eigenvalue weighted by molar-refractivity contribution is -0.126. The van der Waals surface area contributed by atoms with E-state index in [1.54, 1.807) is 0 Å². The Bertz CT molecular complexity index is 902. The monoisotopic (exact) mass is 437 g/mol. The van der Waals surface area contributed by atoms with Gasteiger partial charge in [-0.3, -0.25) is 4.79 Å². The van der Waals surface area contributed by atoms with Gasteiger partial charge in [0.15, 0.2) is 0 Å². The molecule has 2 fully saturated rings. The van der Waals surface area contributed by atoms with Crippen LogP contribution in [0.25, 0.3) is 10.9 Å². The average Bonchev–Trinajstić information content (AvgIpc) is 3.24. The molecule has 4 heteroatoms. The minimum Gasteiger partial charge on any atom is -0.369 e. The second-order valence-electron chi connectivity index (χ2n) is 11.0. The highest BCUT2D eigenvalue weighted by Crippen LogP contribution is 2.45. The summed E-state index contributed by atoms with van der Waals surface area (Å²) in [6, 6.07) is 9.04. The number of hydrogen-bond acceptors (Lipinski definition) is 2. The number of nitrogens with one attached hydrogen (secondary N) is 1. The normalized spacial score (nSPS) is 26.3. The third kappa shape index (κ3) is 4.23. The highest BCUT2D eigenvalue weighted by atomic mass is 16.1. The van der Waals surface area contributed by atoms with Gasteiger partial charge in [0, 0.05) is 23.1 Å². The summed E-state index contributed by atoms with van der Waals surface area (Å²) in [4.78, 5) is 19.1. The fraction of sp³-hybridized carbons (Fsp3) is 0.679. The van der Waals surface area contributed by atoms with E-state index < -0.39 is 5.41 Å². The van der Waals surface area contributed by atoms with Crippen LogP contribution in [0.5, 0.6) is 0 Å². The highest BCUT2D eigenvalue weighted by molar-refractivity contribution is 5.94. The number of amides is 1. The smallest absolute Gasteiger partial charge is 0.228 e. The number of aromatic nitrogens is 1. The van der Waals surface area contributed by atoms with Crippen molar-refractivity contribution in [2.24, 2.45) is 29.4 Å². The third-order valence-electron chi connectivity index (χ3n) is 9.19. The number of hydrogen-bond donors (Lipinski definition) is 2. The van der Waals surface area contributed by atoms with E-state index in [2.05, 4.69) is 55.8 Å². The van der Waals surface area contributed by atoms with Crippen LogP contribution in [0.4, 0.5) is 0 Å². The molecule has 1 aliphatic carbocycles. The van der Waals surface area contributed by atoms with Gasteiger partial charge in [-0.05, 0) is 93.8 Å². The van der Waals surface area contributed by atoms with Crippen molar-refractivity contribution in [2.75, 3.05) is 13.1 Å². The van der Waals surface area contributed by atoms with Crippen molar-refractivity contribution in [3.8, 4) is 0 Å². The molecule has 1 saturated heterocycles. The summed E-state index contributed by atoms with van der Waals surface area (Å²) in [5.74, 6) is 2.35. The first-order chi connectivity index (χ1) is 15.4. The van der Waals surface area contributed by atoms with E-state index in [0.29, 0.717) is 5.92 Å². The molecule has 0 radical (unpaired) electrons. The number of nitrogens with zero attached hydrogens (tertiary/aromatic N) is 1. The SMILES string of the molecule is CCC(C1CCN(C2CCC(C(C)C)CC2)CC1)C(C)(C(N)=O)c1c[nH]c2ccccc12. The van der Waals surface area contributed by atoms with Crippen molar-refractivity contribution < 1.29 is 4.79 Å². The highest BCUT2D eigenvalue weighted by Gasteiger charge is 2.46. The van der Waals surface area contributed by atoms with Crippen LogP contribution >= 0.6 is 0 Å². The number of para-hydroxylation sites is 1. The molecule has 1 saturated carbocycles. The molecule has 32 heavy (non-hydrogen) atoms. The molecule has 0 bridgehead atoms. The van der Waals surface area contributed by atoms with Crippen molar-refractivity contribution in [1.82, 2.24) is 9.88 Å². The van der Waals surface area contributed by atoms with Gasteiger partial charge in [-0.2, -0.15) is 0 Å². The average molecular weight is 438 g/mol. The maximum absolute atomic E-state index is 13.0. The molecule has 2 unspecified atom stereocenters. The Hall–Kier alpha value is -1.81. The number of piperidine rings is 1. The molecule has 1 aromatic heterocycles. The van der Waals surface area contributed by atoms with Gasteiger partial charge in [-0.25, -0.2) is 0 Å². The second-order valence-corrected chi connectivity index (χ2v) is 11.0. The van der Waals surface area contributed by atoms with Crippen LogP contribution < -0.4 is 5.73 Å². The number of carbonyl (C=O) groups is 1. The summed E-state index contributed by atoms with van der Waals surface area (Å²) in [5.41, 5.74) is 7.65. The van der Waals surface area contributed by atoms with Gasteiger partial charge < -0.3 is 15.6 Å². The predicted molar refractivity (Wildman–Crippen MR) is 134 cm³/mol. The number of rotatable bonds is 7. The largest absolute Gasteiger partial charge is 0.369 e. The van der Waals surface area contributed by atoms with Gasteiger partial charge in [0.2, 0.25) is 5.91 Å². The molecule has 4 rings (SSSR count). The van der Waals surface area contributed by atoms with Crippen LogP contribution in [0.3, 0.4) is 0 Å². The van der Waals surface area contributed by atoms with E-state index in [1.165, 1.54) is 51.6 Å². The standard InChI is InChI=1S/C28H43N3O/c1-5-24(28(4,27(29)32)25-18-30-26-9-7-6-8-23(25)26)21-14-16-31(17-15-21)22-12-10-20(11-13-22)19(2)3/h6-9,18-22,24,30H,5,10-17H2,1-4H3,(H2,29,32). The Morgan fingerprint density at radius 2 is 1.75 bits per heavy atom. The molecule has 1 aliphatic heterocycles. The van der Waals surface area contributed by atoms with Crippen LogP contribution in [-0.4, -0.2) is 34.9 Å². The predicted octanol–water partition coefficient (Wildman–Crippen LogP) is 5.86. The van der Waals surface area contributed by atoms with Crippen LogP contribution in [0, 0.1) is 23.7 Å². The second kappa shape index (κ2) is 9.59. The van der Waals surface area contributed by atoms with E-state index in [1.807, 2.05) is 12.3 Å². The zero-order valence-electron chi connectivity index (χ0n) is 20.6. The number of carbonyl (C=O) groups excluding carboxylic acids is 1. The molecule has 2 heterocycles. The summed E-state index contributed by atoms with van der Waals surface area (Å²) in [5, 5.41) is 1.13. The van der Waals surface area contributed by atoms with E-state index in [-0.39, 0.29) is 11.8 Å². The number of aromatic amines is 1. The van der Waals surface area contributed by atoms with E-state index in [9.17, 15) is 4.79 Å². The zero-order chi connectivity index (χ0) is 22.9. The lowest BCUT2D eigenvalue weighted by Crippen LogP contribution is -2.50. The maximum Gasteiger partial charge on any atom is 0.228 e. The van der Waals surface area contributed by atoms with Crippen LogP contribution in [-0.2, 0) is 10.2 Å². The van der Waals surface area contributed by atoms with Gasteiger partial charge in [-0.15, -0.1) is 0 Å². The number of H-pyrrole nitrogens is 1. The van der Waals surface area contributed by atoms with Crippen LogP contribution in [0.2, 0.25) is 0 Å². The molecule has 1 amide bonds. The Labute approximate surface area is 194 Å². The number of benzene rings is 1. The summed E-state index contributed by atoms with van der Waals surface area (Å²) in [6.07, 6.45) is 10.9. The summed E-state index contributed by atoms with van der Waals surface area (Å²) >= 11 is 0. The molecule has 3 N–H and O–H groups in total. The molecule has 1 aromatic carbocycles. The number of fused-ring (bicyclic) bond motifs is 1. The molecule has 2 aromatic rings. The number of likely N-dealkylation sites (tertiary alicyclic amines) is 1. The first kappa shape index (κ1) is 23.4. The van der Waals surface area contributed by atoms with Crippen LogP contribution in [0.1, 0.15) is 78.2 Å². The quantitative estimate of drug-likeness (QED) is 0.569. The number of primary amides is 1. The first-order valence-corrected chi connectivity index (χ1v) is 13.0. The lowest BCUT2D eigenvalue weighted by atomic mass is 9.63. The van der Waals surface area contributed by atoms with Crippen molar-refractivity contribution >= 4 is 16.8 Å². The fourth-order valence-electron chi connectivity index (χ4n) is 7.05. The molecule has 0 spiro atoms. The van der Waals surface area contributed by atoms with E-state index in [4.69, 9.17) is 5.73 Å². The molecular formula is C28H43N3O. The minimum atomic E-state index is -0.656. The lowest BCUT2D eigenvalue weighted by Gasteiger charge is -2.46. The van der Waals surface area contributed by atoms with Crippen molar-refractivity contribution in [3.63, 3.8) is 0 Å². The zero-order valence-corrected chi connectivity index (χ0v) is 20.6. The van der Waals surface area contributed by atoms with E-state index >= 15 is 0 Å². The van der Waals surface area contributed by atoms with Gasteiger partial charge >= 0.3 is 0 Å². The summed E-state index contributed by atoms with van der Waals surface area (Å²) < 4.78 is 0. The van der Waals surface area contributed by atoms with Crippen molar-refractivity contribution in [3.05, 3.63) is 36.0 Å². The maximum atomic E-state index is 13.0. The van der Waals surface area contributed by atoms with Gasteiger partial charge in [0.25, 0.3) is 0 Å². The van der Waals surface area contributed by atoms with Crippen molar-refractivity contribution in [2.45, 2.75) is 84.1 Å². The van der Waals surface area contributed by atoms with Crippen molar-refractivity contribution in [1.29, 1.82) is 0 Å². The fourth-order valence-corrected chi connectivity index (χ4v) is 7.05. The van der Waals surface area contributed by atoms with E-state index in [0.717, 1.165) is 40.8 Å². The molecule has 176 valence electrons. The Kier molecular flexibility index (Phi) is 7.00. The Morgan fingerprint density at radius 3 is 2.34 bits per heavy atom.